The molecule has 0 aliphatic rings. The van der Waals surface area contributed by atoms with E-state index in [1.807, 2.05) is 42.5 Å². The molecule has 6 nitrogen and oxygen atoms in total. The lowest BCUT2D eigenvalue weighted by molar-refractivity contribution is 0.668. The van der Waals surface area contributed by atoms with Crippen molar-refractivity contribution < 1.29 is 8.83 Å². The molecular weight excluding hydrogens is 701 g/mol. The van der Waals surface area contributed by atoms with Gasteiger partial charge in [0.2, 0.25) is 0 Å². The molecule has 266 valence electrons. The van der Waals surface area contributed by atoms with Crippen molar-refractivity contribution in [1.82, 2.24) is 19.5 Å². The maximum absolute atomic E-state index is 6.88. The summed E-state index contributed by atoms with van der Waals surface area (Å²) >= 11 is 0. The first kappa shape index (κ1) is 31.5. The molecule has 0 unspecified atom stereocenters. The second-order valence-electron chi connectivity index (χ2n) is 14.3. The maximum atomic E-state index is 6.88. The van der Waals surface area contributed by atoms with Crippen LogP contribution in [0.25, 0.3) is 117 Å². The van der Waals surface area contributed by atoms with Gasteiger partial charge in [0.1, 0.15) is 22.3 Å². The third-order valence-electron chi connectivity index (χ3n) is 11.1. The Bertz CT molecular complexity index is 3510. The highest BCUT2D eigenvalue weighted by atomic mass is 16.3. The third kappa shape index (κ3) is 4.87. The number of fused-ring (bicyclic) bond motifs is 10. The van der Waals surface area contributed by atoms with Crippen LogP contribution in [0, 0.1) is 0 Å². The molecular formula is C51H30N4O2. The van der Waals surface area contributed by atoms with Crippen molar-refractivity contribution >= 4 is 65.7 Å². The van der Waals surface area contributed by atoms with Crippen LogP contribution >= 0.6 is 0 Å². The van der Waals surface area contributed by atoms with Crippen molar-refractivity contribution in [2.45, 2.75) is 0 Å². The van der Waals surface area contributed by atoms with Crippen LogP contribution in [-0.2, 0) is 0 Å². The van der Waals surface area contributed by atoms with Gasteiger partial charge in [0.25, 0.3) is 0 Å². The molecule has 0 fully saturated rings. The van der Waals surface area contributed by atoms with Crippen LogP contribution in [0.5, 0.6) is 0 Å². The van der Waals surface area contributed by atoms with Crippen LogP contribution in [-0.4, -0.2) is 19.5 Å². The monoisotopic (exact) mass is 730 g/mol. The molecule has 0 aliphatic carbocycles. The van der Waals surface area contributed by atoms with Gasteiger partial charge in [-0.15, -0.1) is 0 Å². The van der Waals surface area contributed by atoms with Crippen molar-refractivity contribution in [3.8, 4) is 51.0 Å². The van der Waals surface area contributed by atoms with E-state index in [4.69, 9.17) is 23.8 Å². The van der Waals surface area contributed by atoms with E-state index in [2.05, 4.69) is 144 Å². The fourth-order valence-electron chi connectivity index (χ4n) is 8.51. The van der Waals surface area contributed by atoms with Crippen LogP contribution in [0.15, 0.2) is 191 Å². The summed E-state index contributed by atoms with van der Waals surface area (Å²) in [5, 5.41) is 6.37. The molecule has 8 aromatic carbocycles. The number of hydrogen-bond acceptors (Lipinski definition) is 5. The molecule has 0 saturated heterocycles. The van der Waals surface area contributed by atoms with Gasteiger partial charge in [-0.3, -0.25) is 0 Å². The summed E-state index contributed by atoms with van der Waals surface area (Å²) < 4.78 is 15.5. The van der Waals surface area contributed by atoms with Crippen molar-refractivity contribution in [3.63, 3.8) is 0 Å². The lowest BCUT2D eigenvalue weighted by Gasteiger charge is -2.10. The minimum absolute atomic E-state index is 0.524. The van der Waals surface area contributed by atoms with E-state index in [1.54, 1.807) is 0 Å². The van der Waals surface area contributed by atoms with Gasteiger partial charge in [-0.05, 0) is 59.7 Å². The van der Waals surface area contributed by atoms with E-state index in [1.165, 1.54) is 10.8 Å². The van der Waals surface area contributed by atoms with E-state index < -0.39 is 0 Å². The second-order valence-corrected chi connectivity index (χ2v) is 14.3. The maximum Gasteiger partial charge on any atom is 0.167 e. The zero-order valence-electron chi connectivity index (χ0n) is 30.4. The van der Waals surface area contributed by atoms with Crippen LogP contribution in [0.4, 0.5) is 0 Å². The van der Waals surface area contributed by atoms with Crippen molar-refractivity contribution in [3.05, 3.63) is 182 Å². The van der Waals surface area contributed by atoms with Crippen molar-refractivity contribution in [1.29, 1.82) is 0 Å². The predicted octanol–water partition coefficient (Wildman–Crippen LogP) is 13.4. The first-order valence-corrected chi connectivity index (χ1v) is 19.0. The summed E-state index contributed by atoms with van der Waals surface area (Å²) in [5.41, 5.74) is 11.3. The summed E-state index contributed by atoms with van der Waals surface area (Å²) in [4.78, 5) is 15.6. The highest BCUT2D eigenvalue weighted by Gasteiger charge is 2.23. The fraction of sp³-hybridized carbons (Fsp3) is 0. The molecule has 0 bridgehead atoms. The lowest BCUT2D eigenvalue weighted by atomic mass is 10.0. The van der Waals surface area contributed by atoms with Gasteiger partial charge in [0.05, 0.1) is 22.0 Å². The second kappa shape index (κ2) is 12.3. The minimum atomic E-state index is 0.524. The molecule has 0 aliphatic heterocycles. The smallest absolute Gasteiger partial charge is 0.167 e. The zero-order valence-corrected chi connectivity index (χ0v) is 30.4. The van der Waals surface area contributed by atoms with Gasteiger partial charge in [0.15, 0.2) is 17.5 Å². The Hall–Kier alpha value is -7.83. The first-order valence-electron chi connectivity index (χ1n) is 19.0. The largest absolute Gasteiger partial charge is 0.456 e. The fourth-order valence-corrected chi connectivity index (χ4v) is 8.51. The van der Waals surface area contributed by atoms with E-state index in [-0.39, 0.29) is 0 Å². The number of aromatic nitrogens is 4. The van der Waals surface area contributed by atoms with Crippen molar-refractivity contribution in [2.24, 2.45) is 0 Å². The molecule has 12 aromatic rings. The summed E-state index contributed by atoms with van der Waals surface area (Å²) in [5.74, 6) is 1.65. The van der Waals surface area contributed by atoms with E-state index in [0.717, 1.165) is 88.4 Å². The third-order valence-corrected chi connectivity index (χ3v) is 11.1. The summed E-state index contributed by atoms with van der Waals surface area (Å²) in [6.07, 6.45) is 0. The van der Waals surface area contributed by atoms with Crippen LogP contribution < -0.4 is 0 Å². The SMILES string of the molecule is c1ccc(-c2ccc(-c3nc(-c4cccc5c4oc4ccc6c7ccccc7n(-c7ccccc7)c6c45)nc(-c4cccc5oc6ccccc6c45)n3)cc2)cc1. The molecule has 57 heavy (non-hydrogen) atoms. The number of rotatable bonds is 5. The Morgan fingerprint density at radius 2 is 0.947 bits per heavy atom. The summed E-state index contributed by atoms with van der Waals surface area (Å²) in [7, 11) is 0. The molecule has 4 heterocycles. The van der Waals surface area contributed by atoms with Gasteiger partial charge in [-0.2, -0.15) is 0 Å². The lowest BCUT2D eigenvalue weighted by Crippen LogP contribution is -2.00. The van der Waals surface area contributed by atoms with Crippen LogP contribution in [0.2, 0.25) is 0 Å². The van der Waals surface area contributed by atoms with E-state index in [0.29, 0.717) is 17.5 Å². The Morgan fingerprint density at radius 1 is 0.351 bits per heavy atom. The number of furan rings is 2. The number of nitrogens with zero attached hydrogens (tertiary/aromatic N) is 4. The first-order chi connectivity index (χ1) is 28.3. The average Bonchev–Trinajstić information content (AvgIpc) is 3.96. The molecule has 4 aromatic heterocycles. The number of para-hydroxylation sites is 4. The number of benzene rings is 8. The van der Waals surface area contributed by atoms with Crippen LogP contribution in [0.3, 0.4) is 0 Å². The highest BCUT2D eigenvalue weighted by Crippen LogP contribution is 2.43. The predicted molar refractivity (Wildman–Crippen MR) is 230 cm³/mol. The Labute approximate surface area is 325 Å². The molecule has 6 heteroatoms. The average molecular weight is 731 g/mol. The van der Waals surface area contributed by atoms with Crippen LogP contribution in [0.1, 0.15) is 0 Å². The van der Waals surface area contributed by atoms with Gasteiger partial charge >= 0.3 is 0 Å². The highest BCUT2D eigenvalue weighted by molar-refractivity contribution is 6.25. The number of hydrogen-bond donors (Lipinski definition) is 0. The summed E-state index contributed by atoms with van der Waals surface area (Å²) in [6, 6.07) is 62.6. The molecule has 0 spiro atoms. The Morgan fingerprint density at radius 3 is 1.79 bits per heavy atom. The van der Waals surface area contributed by atoms with Crippen molar-refractivity contribution in [2.75, 3.05) is 0 Å². The molecule has 0 atom stereocenters. The topological polar surface area (TPSA) is 69.9 Å². The van der Waals surface area contributed by atoms with Gasteiger partial charge < -0.3 is 13.4 Å². The standard InChI is InChI=1S/C51H30N4O2/c1-3-13-31(14-4-1)32-25-27-33(28-26-32)49-52-50(39-20-12-24-43-45(39)37-18-8-10-23-42(37)56-43)54-51(53-49)40-21-11-19-38-46-44(57-48(38)40)30-29-36-35-17-7-9-22-41(35)55(47(36)46)34-15-5-2-6-16-34/h1-30H. The molecule has 12 rings (SSSR count). The van der Waals surface area contributed by atoms with E-state index >= 15 is 0 Å². The molecule has 0 saturated carbocycles. The molecule has 0 amide bonds. The Balaban J connectivity index is 1.12. The molecule has 0 radical (unpaired) electrons. The normalized spacial score (nSPS) is 11.9. The van der Waals surface area contributed by atoms with E-state index in [9.17, 15) is 0 Å². The molecule has 0 N–H and O–H groups in total. The van der Waals surface area contributed by atoms with Gasteiger partial charge in [-0.25, -0.2) is 15.0 Å². The summed E-state index contributed by atoms with van der Waals surface area (Å²) in [6.45, 7) is 0. The zero-order chi connectivity index (χ0) is 37.5. The Kier molecular flexibility index (Phi) is 6.83. The van der Waals surface area contributed by atoms with Gasteiger partial charge in [0, 0.05) is 43.7 Å². The quantitative estimate of drug-likeness (QED) is 0.176. The minimum Gasteiger partial charge on any atom is -0.456 e. The van der Waals surface area contributed by atoms with Gasteiger partial charge in [-0.1, -0.05) is 133 Å².